The van der Waals surface area contributed by atoms with Gasteiger partial charge in [0.1, 0.15) is 102 Å². The lowest BCUT2D eigenvalue weighted by Gasteiger charge is -2.20. The van der Waals surface area contributed by atoms with E-state index in [0.29, 0.717) is 17.6 Å². The average Bonchev–Trinajstić information content (AvgIpc) is 3.98. The minimum absolute atomic E-state index is 0.623. The first-order valence-corrected chi connectivity index (χ1v) is 23.3. The molecule has 4 aromatic heterocycles. The summed E-state index contributed by atoms with van der Waals surface area (Å²) < 4.78 is 7.40. The molecule has 0 N–H and O–H groups in total. The van der Waals surface area contributed by atoms with Crippen molar-refractivity contribution in [3.8, 4) is 34.4 Å². The Morgan fingerprint density at radius 3 is 1.52 bits per heavy atom. The number of nitrogens with zero attached hydrogens (tertiary/aromatic N) is 5. The molecule has 4 heterocycles. The van der Waals surface area contributed by atoms with Gasteiger partial charge in [-0.2, -0.15) is 9.97 Å². The number of thiophene rings is 1. The summed E-state index contributed by atoms with van der Waals surface area (Å²) >= 11 is 1.81. The molecule has 0 amide bonds. The standard InChI is InChI=1S/C45H40B13N5S/c46-19-13-21(48)38-24(29(19)50)26-31(52)32(53)27-25-30(51)20(47)14-22(49)39(25)63(41(27)40(26)62(38)15-7-2-1-3-8-15)45-60-43(18-11-6-10-17-16-9-4-5-12-23(16)64-42(17)18)59-44(61-45)28-33(54)35(56)37(58)36(57)34(28)55/h1-14H,46-58H2. The zero-order valence-electron chi connectivity index (χ0n) is 39.2. The van der Waals surface area contributed by atoms with Gasteiger partial charge in [-0.15, -0.1) is 27.7 Å². The van der Waals surface area contributed by atoms with Crippen molar-refractivity contribution in [2.24, 2.45) is 0 Å². The molecule has 0 aliphatic carbocycles. The van der Waals surface area contributed by atoms with Gasteiger partial charge in [0.15, 0.2) is 11.6 Å². The molecule has 5 nitrogen and oxygen atoms in total. The van der Waals surface area contributed by atoms with Gasteiger partial charge in [-0.25, -0.2) is 4.98 Å². The van der Waals surface area contributed by atoms with Crippen LogP contribution >= 0.6 is 11.3 Å². The summed E-state index contributed by atoms with van der Waals surface area (Å²) in [6, 6.07) is 30.9. The first kappa shape index (κ1) is 41.0. The normalized spacial score (nSPS) is 11.9. The van der Waals surface area contributed by atoms with Gasteiger partial charge in [0.25, 0.3) is 0 Å². The van der Waals surface area contributed by atoms with Crippen LogP contribution in [0.3, 0.4) is 0 Å². The minimum atomic E-state index is 0.623. The van der Waals surface area contributed by atoms with Crippen LogP contribution in [-0.2, 0) is 0 Å². The predicted molar refractivity (Wildman–Crippen MR) is 319 cm³/mol. The van der Waals surface area contributed by atoms with E-state index < -0.39 is 0 Å². The number of fused-ring (bicyclic) bond motifs is 10. The number of para-hydroxylation sites is 1. The predicted octanol–water partition coefficient (Wildman–Crippen LogP) is -10.9. The first-order chi connectivity index (χ1) is 30.7. The Bertz CT molecular complexity index is 3870. The van der Waals surface area contributed by atoms with Crippen LogP contribution in [0.2, 0.25) is 0 Å². The second-order valence-electron chi connectivity index (χ2n) is 18.5. The summed E-state index contributed by atoms with van der Waals surface area (Å²) in [4.78, 5) is 17.0. The van der Waals surface area contributed by atoms with Gasteiger partial charge in [0, 0.05) is 58.7 Å². The third kappa shape index (κ3) is 5.58. The van der Waals surface area contributed by atoms with Gasteiger partial charge >= 0.3 is 0 Å². The fourth-order valence-electron chi connectivity index (χ4n) is 11.1. The van der Waals surface area contributed by atoms with Crippen LogP contribution in [0.15, 0.2) is 84.9 Å². The van der Waals surface area contributed by atoms with Gasteiger partial charge in [-0.1, -0.05) is 115 Å². The van der Waals surface area contributed by atoms with Crippen molar-refractivity contribution in [2.75, 3.05) is 0 Å². The number of benzene rings is 7. The van der Waals surface area contributed by atoms with Crippen molar-refractivity contribution in [1.29, 1.82) is 0 Å². The molecule has 19 heteroatoms. The number of aromatic nitrogens is 5. The van der Waals surface area contributed by atoms with Gasteiger partial charge in [0.2, 0.25) is 5.95 Å². The molecular formula is C45H40B13N5S. The van der Waals surface area contributed by atoms with E-state index in [1.165, 1.54) is 124 Å². The molecule has 0 saturated carbocycles. The highest BCUT2D eigenvalue weighted by molar-refractivity contribution is 7.26. The Morgan fingerprint density at radius 2 is 0.891 bits per heavy atom. The third-order valence-electron chi connectivity index (χ3n) is 15.1. The molecule has 0 bridgehead atoms. The van der Waals surface area contributed by atoms with Gasteiger partial charge in [-0.05, 0) is 29.7 Å². The van der Waals surface area contributed by atoms with E-state index >= 15 is 0 Å². The summed E-state index contributed by atoms with van der Waals surface area (Å²) in [6.07, 6.45) is 0. The molecule has 0 aliphatic rings. The quantitative estimate of drug-likeness (QED) is 0.166. The highest BCUT2D eigenvalue weighted by Gasteiger charge is 2.30. The molecule has 0 spiro atoms. The second kappa shape index (κ2) is 14.6. The maximum absolute atomic E-state index is 5.72. The Hall–Kier alpha value is -5.79. The van der Waals surface area contributed by atoms with Crippen LogP contribution in [0, 0.1) is 0 Å². The molecule has 0 unspecified atom stereocenters. The second-order valence-corrected chi connectivity index (χ2v) is 19.5. The minimum Gasteiger partial charge on any atom is -0.308 e. The molecule has 0 aliphatic heterocycles. The molecule has 7 aromatic carbocycles. The molecule has 64 heavy (non-hydrogen) atoms. The summed E-state index contributed by atoms with van der Waals surface area (Å²) in [5.41, 5.74) is 24.4. The summed E-state index contributed by atoms with van der Waals surface area (Å²) in [7, 11) is 29.5. The van der Waals surface area contributed by atoms with Crippen molar-refractivity contribution >= 4 is 248 Å². The van der Waals surface area contributed by atoms with Crippen molar-refractivity contribution in [3.05, 3.63) is 84.9 Å². The smallest absolute Gasteiger partial charge is 0.238 e. The molecule has 0 fully saturated rings. The van der Waals surface area contributed by atoms with E-state index in [2.05, 4.69) is 196 Å². The van der Waals surface area contributed by atoms with Crippen LogP contribution in [0.25, 0.3) is 98.2 Å². The Labute approximate surface area is 389 Å². The van der Waals surface area contributed by atoms with E-state index in [0.717, 1.165) is 27.8 Å². The van der Waals surface area contributed by atoms with E-state index in [1.807, 2.05) is 11.3 Å². The number of hydrogen-bond acceptors (Lipinski definition) is 4. The SMILES string of the molecule is Bc1cc(B)c2c(c1B)c1c(B)c(B)c3c4c(B)c(B)cc(B)c4n(-c4nc(-c5c(B)c(B)c(B)c(B)c5B)nc(-c5cccc6c5sc5ccccc56)n4)c3c1n2-c1ccccc1. The molecule has 290 valence electrons. The molecule has 0 saturated heterocycles. The summed E-state index contributed by atoms with van der Waals surface area (Å²) in [6.45, 7) is 0. The fraction of sp³-hybridized carbons (Fsp3) is 0. The lowest BCUT2D eigenvalue weighted by Crippen LogP contribution is -2.55. The van der Waals surface area contributed by atoms with Crippen molar-refractivity contribution in [1.82, 2.24) is 24.1 Å². The maximum Gasteiger partial charge on any atom is 0.238 e. The highest BCUT2D eigenvalue weighted by atomic mass is 32.1. The van der Waals surface area contributed by atoms with Crippen LogP contribution < -0.4 is 71.0 Å². The van der Waals surface area contributed by atoms with Crippen LogP contribution in [0.4, 0.5) is 0 Å². The van der Waals surface area contributed by atoms with Crippen molar-refractivity contribution in [3.63, 3.8) is 0 Å². The molecule has 11 aromatic rings. The molecule has 0 radical (unpaired) electrons. The fourth-order valence-corrected chi connectivity index (χ4v) is 12.3. The molecular weight excluding hydrogens is 783 g/mol. The highest BCUT2D eigenvalue weighted by Crippen LogP contribution is 2.41. The Morgan fingerprint density at radius 1 is 0.391 bits per heavy atom. The van der Waals surface area contributed by atoms with E-state index in [4.69, 9.17) is 15.0 Å². The zero-order valence-corrected chi connectivity index (χ0v) is 40.0. The lowest BCUT2D eigenvalue weighted by atomic mass is 9.60. The van der Waals surface area contributed by atoms with Crippen LogP contribution in [-0.4, -0.2) is 126 Å². The number of rotatable bonds is 4. The zero-order chi connectivity index (χ0) is 44.8. The lowest BCUT2D eigenvalue weighted by molar-refractivity contribution is 0.957. The summed E-state index contributed by atoms with van der Waals surface area (Å²) in [5, 5.41) is 7.57. The van der Waals surface area contributed by atoms with Crippen LogP contribution in [0.1, 0.15) is 0 Å². The molecule has 11 rings (SSSR count). The van der Waals surface area contributed by atoms with Crippen molar-refractivity contribution in [2.45, 2.75) is 0 Å². The van der Waals surface area contributed by atoms with Crippen LogP contribution in [0.5, 0.6) is 0 Å². The van der Waals surface area contributed by atoms with Crippen molar-refractivity contribution < 1.29 is 0 Å². The van der Waals surface area contributed by atoms with Gasteiger partial charge < -0.3 is 4.57 Å². The summed E-state index contributed by atoms with van der Waals surface area (Å²) in [5.74, 6) is 1.99. The Kier molecular flexibility index (Phi) is 9.35. The van der Waals surface area contributed by atoms with E-state index in [-0.39, 0.29) is 0 Å². The largest absolute Gasteiger partial charge is 0.308 e. The average molecular weight is 823 g/mol. The third-order valence-corrected chi connectivity index (χ3v) is 16.4. The maximum atomic E-state index is 5.72. The van der Waals surface area contributed by atoms with Gasteiger partial charge in [-0.3, -0.25) is 4.57 Å². The molecule has 0 atom stereocenters. The van der Waals surface area contributed by atoms with Gasteiger partial charge in [0.05, 0.1) is 16.6 Å². The monoisotopic (exact) mass is 825 g/mol. The number of hydrogen-bond donors (Lipinski definition) is 0. The van der Waals surface area contributed by atoms with E-state index in [1.54, 1.807) is 0 Å². The topological polar surface area (TPSA) is 48.5 Å². The first-order valence-electron chi connectivity index (χ1n) is 22.5. The van der Waals surface area contributed by atoms with E-state index in [9.17, 15) is 0 Å². The Balaban J connectivity index is 1.41.